The van der Waals surface area contributed by atoms with Gasteiger partial charge in [0.2, 0.25) is 0 Å². The fourth-order valence-electron chi connectivity index (χ4n) is 1.72. The molecule has 2 nitrogen and oxygen atoms in total. The molecule has 2 heteroatoms. The number of ketones is 1. The number of carbonyl (C=O) groups excluding carboxylic acids is 1. The van der Waals surface area contributed by atoms with Gasteiger partial charge in [0.15, 0.2) is 5.78 Å². The van der Waals surface area contributed by atoms with E-state index in [-0.39, 0.29) is 5.78 Å². The Morgan fingerprint density at radius 1 is 0.923 bits per heavy atom. The summed E-state index contributed by atoms with van der Waals surface area (Å²) in [7, 11) is 0. The quantitative estimate of drug-likeness (QED) is 0.518. The molecule has 1 aliphatic rings. The SMILES string of the molecule is O=C1c2ccccc2-c2occc21. The van der Waals surface area contributed by atoms with Crippen LogP contribution >= 0.6 is 0 Å². The van der Waals surface area contributed by atoms with Gasteiger partial charge in [0.1, 0.15) is 5.76 Å². The maximum atomic E-state index is 11.7. The molecule has 0 spiro atoms. The topological polar surface area (TPSA) is 30.2 Å². The standard InChI is InChI=1S/C11H6O2/c12-10-7-3-1-2-4-8(7)11-9(10)5-6-13-11/h1-6H. The second-order valence-electron chi connectivity index (χ2n) is 3.04. The largest absolute Gasteiger partial charge is 0.464 e. The predicted molar refractivity (Wildman–Crippen MR) is 47.6 cm³/mol. The molecule has 0 amide bonds. The Morgan fingerprint density at radius 2 is 1.69 bits per heavy atom. The predicted octanol–water partition coefficient (Wildman–Crippen LogP) is 2.49. The van der Waals surface area contributed by atoms with Gasteiger partial charge in [-0.1, -0.05) is 24.3 Å². The van der Waals surface area contributed by atoms with Crippen molar-refractivity contribution in [3.8, 4) is 11.3 Å². The van der Waals surface area contributed by atoms with Gasteiger partial charge in [0, 0.05) is 11.1 Å². The molecule has 1 aromatic heterocycles. The van der Waals surface area contributed by atoms with E-state index in [1.54, 1.807) is 12.3 Å². The molecule has 13 heavy (non-hydrogen) atoms. The molecule has 0 saturated heterocycles. The fourth-order valence-corrected chi connectivity index (χ4v) is 1.72. The van der Waals surface area contributed by atoms with Gasteiger partial charge in [-0.25, -0.2) is 0 Å². The molecular formula is C11H6O2. The molecule has 1 heterocycles. The Balaban J connectivity index is 2.43. The van der Waals surface area contributed by atoms with Crippen LogP contribution in [0, 0.1) is 0 Å². The summed E-state index contributed by atoms with van der Waals surface area (Å²) in [5.74, 6) is 0.778. The lowest BCUT2D eigenvalue weighted by Gasteiger charge is -1.93. The second kappa shape index (κ2) is 2.10. The zero-order valence-electron chi connectivity index (χ0n) is 6.78. The van der Waals surface area contributed by atoms with Crippen molar-refractivity contribution in [3.05, 3.63) is 47.7 Å². The van der Waals surface area contributed by atoms with Crippen LogP contribution in [0.15, 0.2) is 41.0 Å². The summed E-state index contributed by atoms with van der Waals surface area (Å²) in [5, 5.41) is 0. The monoisotopic (exact) mass is 170 g/mol. The minimum atomic E-state index is 0.0688. The minimum absolute atomic E-state index is 0.0688. The third-order valence-electron chi connectivity index (χ3n) is 2.33. The van der Waals surface area contributed by atoms with Crippen molar-refractivity contribution in [1.82, 2.24) is 0 Å². The van der Waals surface area contributed by atoms with Crippen molar-refractivity contribution in [3.63, 3.8) is 0 Å². The van der Waals surface area contributed by atoms with Crippen LogP contribution < -0.4 is 0 Å². The third-order valence-corrected chi connectivity index (χ3v) is 2.33. The van der Waals surface area contributed by atoms with Crippen LogP contribution in [0.25, 0.3) is 11.3 Å². The number of hydrogen-bond donors (Lipinski definition) is 0. The van der Waals surface area contributed by atoms with E-state index < -0.39 is 0 Å². The maximum absolute atomic E-state index is 11.7. The Bertz CT molecular complexity index is 494. The third kappa shape index (κ3) is 0.699. The summed E-state index contributed by atoms with van der Waals surface area (Å²) in [4.78, 5) is 11.7. The van der Waals surface area contributed by atoms with Crippen LogP contribution in [-0.2, 0) is 0 Å². The molecular weight excluding hydrogens is 164 g/mol. The zero-order chi connectivity index (χ0) is 8.84. The molecule has 0 unspecified atom stereocenters. The molecule has 0 saturated carbocycles. The average Bonchev–Trinajstić information content (AvgIpc) is 2.72. The fraction of sp³-hybridized carbons (Fsp3) is 0. The van der Waals surface area contributed by atoms with Gasteiger partial charge in [-0.05, 0) is 6.07 Å². The van der Waals surface area contributed by atoms with Gasteiger partial charge in [0.05, 0.1) is 11.8 Å². The van der Waals surface area contributed by atoms with Crippen LogP contribution in [0.3, 0.4) is 0 Å². The average molecular weight is 170 g/mol. The molecule has 0 bridgehead atoms. The van der Waals surface area contributed by atoms with Crippen molar-refractivity contribution in [2.75, 3.05) is 0 Å². The number of benzene rings is 1. The van der Waals surface area contributed by atoms with E-state index in [4.69, 9.17) is 4.42 Å². The minimum Gasteiger partial charge on any atom is -0.464 e. The maximum Gasteiger partial charge on any atom is 0.197 e. The first-order chi connectivity index (χ1) is 6.38. The van der Waals surface area contributed by atoms with Crippen molar-refractivity contribution in [2.24, 2.45) is 0 Å². The molecule has 0 fully saturated rings. The molecule has 3 rings (SSSR count). The second-order valence-corrected chi connectivity index (χ2v) is 3.04. The van der Waals surface area contributed by atoms with Gasteiger partial charge in [-0.3, -0.25) is 4.79 Å². The van der Waals surface area contributed by atoms with E-state index in [1.807, 2.05) is 24.3 Å². The molecule has 62 valence electrons. The van der Waals surface area contributed by atoms with Crippen molar-refractivity contribution < 1.29 is 9.21 Å². The van der Waals surface area contributed by atoms with Crippen molar-refractivity contribution in [2.45, 2.75) is 0 Å². The van der Waals surface area contributed by atoms with Crippen LogP contribution in [0.1, 0.15) is 15.9 Å². The number of hydrogen-bond acceptors (Lipinski definition) is 2. The molecule has 1 aliphatic carbocycles. The van der Waals surface area contributed by atoms with E-state index in [9.17, 15) is 4.79 Å². The van der Waals surface area contributed by atoms with Crippen molar-refractivity contribution >= 4 is 5.78 Å². The van der Waals surface area contributed by atoms with Gasteiger partial charge >= 0.3 is 0 Å². The zero-order valence-corrected chi connectivity index (χ0v) is 6.78. The Morgan fingerprint density at radius 3 is 2.54 bits per heavy atom. The van der Waals surface area contributed by atoms with Crippen LogP contribution in [0.2, 0.25) is 0 Å². The number of rotatable bonds is 0. The first-order valence-electron chi connectivity index (χ1n) is 4.09. The van der Waals surface area contributed by atoms with E-state index in [2.05, 4.69) is 0 Å². The summed E-state index contributed by atoms with van der Waals surface area (Å²) in [5.41, 5.74) is 2.34. The summed E-state index contributed by atoms with van der Waals surface area (Å²) in [6.45, 7) is 0. The number of furan rings is 1. The first-order valence-corrected chi connectivity index (χ1v) is 4.09. The highest BCUT2D eigenvalue weighted by atomic mass is 16.3. The van der Waals surface area contributed by atoms with E-state index in [1.165, 1.54) is 0 Å². The van der Waals surface area contributed by atoms with Crippen molar-refractivity contribution in [1.29, 1.82) is 0 Å². The lowest BCUT2D eigenvalue weighted by molar-refractivity contribution is 0.104. The normalized spacial score (nSPS) is 12.8. The number of carbonyl (C=O) groups is 1. The van der Waals surface area contributed by atoms with E-state index >= 15 is 0 Å². The first kappa shape index (κ1) is 6.66. The highest BCUT2D eigenvalue weighted by Gasteiger charge is 2.28. The molecule has 0 atom stereocenters. The molecule has 0 aliphatic heterocycles. The van der Waals surface area contributed by atoms with E-state index in [0.29, 0.717) is 11.3 Å². The lowest BCUT2D eigenvalue weighted by atomic mass is 10.1. The summed E-state index contributed by atoms with van der Waals surface area (Å²) >= 11 is 0. The van der Waals surface area contributed by atoms with Gasteiger partial charge in [-0.2, -0.15) is 0 Å². The Labute approximate surface area is 74.8 Å². The summed E-state index contributed by atoms with van der Waals surface area (Å²) in [6, 6.07) is 9.22. The molecule has 2 aromatic rings. The van der Waals surface area contributed by atoms with Crippen LogP contribution in [-0.4, -0.2) is 5.78 Å². The lowest BCUT2D eigenvalue weighted by Crippen LogP contribution is -1.92. The molecule has 0 radical (unpaired) electrons. The highest BCUT2D eigenvalue weighted by molar-refractivity contribution is 6.20. The smallest absolute Gasteiger partial charge is 0.197 e. The Kier molecular flexibility index (Phi) is 1.08. The molecule has 1 aromatic carbocycles. The molecule has 0 N–H and O–H groups in total. The van der Waals surface area contributed by atoms with Crippen LogP contribution in [0.5, 0.6) is 0 Å². The van der Waals surface area contributed by atoms with E-state index in [0.717, 1.165) is 11.1 Å². The van der Waals surface area contributed by atoms with Gasteiger partial charge in [-0.15, -0.1) is 0 Å². The van der Waals surface area contributed by atoms with Gasteiger partial charge < -0.3 is 4.42 Å². The van der Waals surface area contributed by atoms with Crippen LogP contribution in [0.4, 0.5) is 0 Å². The number of fused-ring (bicyclic) bond motifs is 3. The van der Waals surface area contributed by atoms with Gasteiger partial charge in [0.25, 0.3) is 0 Å². The summed E-state index contributed by atoms with van der Waals surface area (Å²) < 4.78 is 5.25. The highest BCUT2D eigenvalue weighted by Crippen LogP contribution is 2.36. The summed E-state index contributed by atoms with van der Waals surface area (Å²) in [6.07, 6.45) is 1.55. The Hall–Kier alpha value is -1.83.